The molecule has 0 amide bonds. The van der Waals surface area contributed by atoms with Crippen LogP contribution >= 0.6 is 0 Å². The average molecular weight is 302 g/mol. The van der Waals surface area contributed by atoms with E-state index in [9.17, 15) is 16.8 Å². The van der Waals surface area contributed by atoms with Crippen molar-refractivity contribution in [1.29, 1.82) is 0 Å². The zero-order valence-corrected chi connectivity index (χ0v) is 18.9. The smallest absolute Gasteiger partial charge is 1.00 e. The van der Waals surface area contributed by atoms with Crippen molar-refractivity contribution in [3.8, 4) is 0 Å². The third-order valence-electron chi connectivity index (χ3n) is 0.957. The Balaban J connectivity index is -0.0000000179. The molecule has 0 aliphatic rings. The fourth-order valence-electron chi connectivity index (χ4n) is 0.133. The molecule has 7 nitrogen and oxygen atoms in total. The molecule has 0 aromatic rings. The molecular weight excluding hydrogens is 292 g/mol. The SMILES string of the molecule is CC(O)(S(=O)(=O)O)S(=O)(=O)O.[H-].[H-].[H-].[H-].[Na+].[Na+].[Na+].[Na+]. The summed E-state index contributed by atoms with van der Waals surface area (Å²) in [4.78, 5) is 0. The van der Waals surface area contributed by atoms with Crippen molar-refractivity contribution < 1.29 is 155 Å². The summed E-state index contributed by atoms with van der Waals surface area (Å²) in [5.41, 5.74) is 0. The Hall–Kier alpha value is 3.78. The van der Waals surface area contributed by atoms with E-state index in [1.165, 1.54) is 0 Å². The van der Waals surface area contributed by atoms with Gasteiger partial charge in [-0.15, -0.1) is 0 Å². The van der Waals surface area contributed by atoms with E-state index in [0.29, 0.717) is 0 Å². The van der Waals surface area contributed by atoms with Crippen molar-refractivity contribution in [2.45, 2.75) is 11.2 Å². The standard InChI is InChI=1S/C2H6O7S2.4Na.4H/c1-2(3,10(4,5)6)11(7,8)9;;;;;;;;/h3H,1H3,(H,4,5,6)(H,7,8,9);;;;;;;;/q;4*+1;4*-1. The van der Waals surface area contributed by atoms with Gasteiger partial charge in [0.2, 0.25) is 0 Å². The summed E-state index contributed by atoms with van der Waals surface area (Å²) < 4.78 is 52.8. The summed E-state index contributed by atoms with van der Waals surface area (Å²) >= 11 is 0. The molecule has 0 bridgehead atoms. The molecule has 0 aromatic heterocycles. The third-order valence-corrected chi connectivity index (χ3v) is 4.14. The molecule has 0 rings (SSSR count). The molecule has 0 aliphatic heterocycles. The van der Waals surface area contributed by atoms with Crippen molar-refractivity contribution in [3.63, 3.8) is 0 Å². The molecule has 0 saturated carbocycles. The average Bonchev–Trinajstić information content (AvgIpc) is 1.58. The van der Waals surface area contributed by atoms with E-state index >= 15 is 0 Å². The summed E-state index contributed by atoms with van der Waals surface area (Å²) in [5, 5.41) is 8.51. The molecule has 0 heterocycles. The number of rotatable bonds is 2. The van der Waals surface area contributed by atoms with Gasteiger partial charge in [-0.1, -0.05) is 0 Å². The van der Waals surface area contributed by atoms with Crippen LogP contribution in [0.4, 0.5) is 0 Å². The van der Waals surface area contributed by atoms with Crippen LogP contribution in [0.25, 0.3) is 0 Å². The maximum absolute atomic E-state index is 10.1. The van der Waals surface area contributed by atoms with Gasteiger partial charge >= 0.3 is 143 Å². The van der Waals surface area contributed by atoms with Crippen molar-refractivity contribution in [2.24, 2.45) is 0 Å². The molecule has 3 N–H and O–H groups in total. The maximum atomic E-state index is 10.1. The van der Waals surface area contributed by atoms with Crippen LogP contribution in [-0.4, -0.2) is 35.3 Å². The van der Waals surface area contributed by atoms with E-state index in [1.807, 2.05) is 0 Å². The first-order valence-corrected chi connectivity index (χ1v) is 5.04. The van der Waals surface area contributed by atoms with Crippen LogP contribution in [0.2, 0.25) is 0 Å². The minimum absolute atomic E-state index is 0. The van der Waals surface area contributed by atoms with Gasteiger partial charge in [0.15, 0.2) is 0 Å². The van der Waals surface area contributed by atoms with Crippen molar-refractivity contribution in [2.75, 3.05) is 0 Å². The largest absolute Gasteiger partial charge is 1.00 e. The van der Waals surface area contributed by atoms with Gasteiger partial charge < -0.3 is 10.8 Å². The normalized spacial score (nSPS) is 10.9. The molecule has 0 fully saturated rings. The molecule has 0 aromatic carbocycles. The molecule has 76 valence electrons. The quantitative estimate of drug-likeness (QED) is 0.341. The van der Waals surface area contributed by atoms with Crippen LogP contribution in [0.15, 0.2) is 0 Å². The molecule has 0 saturated heterocycles. The van der Waals surface area contributed by atoms with E-state index < -0.39 is 24.5 Å². The Morgan fingerprint density at radius 3 is 1.00 bits per heavy atom. The molecule has 0 spiro atoms. The first kappa shape index (κ1) is 31.3. The molecule has 0 atom stereocenters. The monoisotopic (exact) mass is 302 g/mol. The van der Waals surface area contributed by atoms with Gasteiger partial charge in [0.25, 0.3) is 0 Å². The zero-order chi connectivity index (χ0) is 9.50. The van der Waals surface area contributed by atoms with Crippen LogP contribution < -0.4 is 118 Å². The fraction of sp³-hybridized carbons (Fsp3) is 1.00. The van der Waals surface area contributed by atoms with Gasteiger partial charge in [0, 0.05) is 0 Å². The van der Waals surface area contributed by atoms with Crippen molar-refractivity contribution in [1.82, 2.24) is 0 Å². The zero-order valence-electron chi connectivity index (χ0n) is 13.3. The fourth-order valence-corrected chi connectivity index (χ4v) is 1.20. The number of aliphatic hydroxyl groups is 1. The van der Waals surface area contributed by atoms with Gasteiger partial charge in [-0.25, -0.2) is 0 Å². The Kier molecular flexibility index (Phi) is 22.0. The van der Waals surface area contributed by atoms with Gasteiger partial charge in [-0.3, -0.25) is 9.11 Å². The Morgan fingerprint density at radius 2 is 1.00 bits per heavy atom. The minimum atomic E-state index is -5.24. The molecular formula is C2H10Na4O7S2. The summed E-state index contributed by atoms with van der Waals surface area (Å²) in [6, 6.07) is 0. The van der Waals surface area contributed by atoms with Crippen LogP contribution in [0.1, 0.15) is 12.6 Å². The number of hydrogen-bond acceptors (Lipinski definition) is 5. The summed E-state index contributed by atoms with van der Waals surface area (Å²) in [7, 11) is -10.5. The van der Waals surface area contributed by atoms with Crippen LogP contribution in [-0.2, 0) is 20.2 Å². The van der Waals surface area contributed by atoms with Crippen LogP contribution in [0.3, 0.4) is 0 Å². The molecule has 0 aliphatic carbocycles. The van der Waals surface area contributed by atoms with Gasteiger partial charge in [0.05, 0.1) is 0 Å². The Labute approximate surface area is 183 Å². The minimum Gasteiger partial charge on any atom is -1.00 e. The van der Waals surface area contributed by atoms with E-state index in [2.05, 4.69) is 0 Å². The van der Waals surface area contributed by atoms with E-state index in [-0.39, 0.29) is 131 Å². The van der Waals surface area contributed by atoms with Gasteiger partial charge in [-0.2, -0.15) is 16.8 Å². The number of hydrogen-bond donors (Lipinski definition) is 3. The Morgan fingerprint density at radius 1 is 0.867 bits per heavy atom. The topological polar surface area (TPSA) is 129 Å². The summed E-state index contributed by atoms with van der Waals surface area (Å²) in [6.07, 6.45) is 0. The molecule has 0 radical (unpaired) electrons. The second-order valence-corrected chi connectivity index (χ2v) is 5.60. The van der Waals surface area contributed by atoms with E-state index in [0.717, 1.165) is 0 Å². The predicted octanol–water partition coefficient (Wildman–Crippen LogP) is -13.1. The van der Waals surface area contributed by atoms with E-state index in [4.69, 9.17) is 14.2 Å². The first-order chi connectivity index (χ1) is 4.50. The first-order valence-electron chi connectivity index (χ1n) is 2.16. The van der Waals surface area contributed by atoms with Crippen LogP contribution in [0, 0.1) is 0 Å². The van der Waals surface area contributed by atoms with Gasteiger partial charge in [0.1, 0.15) is 0 Å². The van der Waals surface area contributed by atoms with Gasteiger partial charge in [-0.05, 0) is 6.92 Å². The van der Waals surface area contributed by atoms with Crippen molar-refractivity contribution in [3.05, 3.63) is 0 Å². The predicted molar refractivity (Wildman–Crippen MR) is 38.2 cm³/mol. The molecule has 15 heavy (non-hydrogen) atoms. The second-order valence-electron chi connectivity index (χ2n) is 1.85. The Bertz CT molecular complexity index is 323. The maximum Gasteiger partial charge on any atom is 1.00 e. The third kappa shape index (κ3) is 9.33. The van der Waals surface area contributed by atoms with Crippen LogP contribution in [0.5, 0.6) is 0 Å². The van der Waals surface area contributed by atoms with E-state index in [1.54, 1.807) is 0 Å². The van der Waals surface area contributed by atoms with Crippen molar-refractivity contribution >= 4 is 20.2 Å². The summed E-state index contributed by atoms with van der Waals surface area (Å²) in [6.45, 7) is 0.234. The molecule has 13 heteroatoms. The molecule has 0 unspecified atom stereocenters. The summed E-state index contributed by atoms with van der Waals surface area (Å²) in [5.74, 6) is 0. The second kappa shape index (κ2) is 10.6.